The van der Waals surface area contributed by atoms with E-state index in [1.807, 2.05) is 24.8 Å². The van der Waals surface area contributed by atoms with Gasteiger partial charge in [-0.1, -0.05) is 26.7 Å². The number of aromatic carboxylic acids is 1. The quantitative estimate of drug-likeness (QED) is 0.809. The monoisotopic (exact) mass is 351 g/mol. The number of carbonyl (C=O) groups is 1. The van der Waals surface area contributed by atoms with Crippen LogP contribution in [-0.4, -0.2) is 21.8 Å². The molecule has 1 N–H and O–H groups in total. The number of pyridine rings is 1. The Balaban J connectivity index is 2.01. The van der Waals surface area contributed by atoms with E-state index < -0.39 is 5.97 Å². The van der Waals surface area contributed by atoms with Crippen molar-refractivity contribution in [2.45, 2.75) is 43.9 Å². The molecule has 1 aliphatic rings. The number of carboxylic acid groups (broad SMARTS) is 1. The van der Waals surface area contributed by atoms with Crippen LogP contribution in [-0.2, 0) is 11.8 Å². The molecule has 3 nitrogen and oxygen atoms in total. The van der Waals surface area contributed by atoms with Crippen molar-refractivity contribution < 1.29 is 9.90 Å². The lowest BCUT2D eigenvalue weighted by atomic mass is 9.81. The fourth-order valence-electron chi connectivity index (χ4n) is 2.91. The number of carboxylic acids is 1. The molecule has 0 spiro atoms. The third-order valence-electron chi connectivity index (χ3n) is 4.56. The molecule has 0 atom stereocenters. The van der Waals surface area contributed by atoms with E-state index in [1.165, 1.54) is 10.5 Å². The van der Waals surface area contributed by atoms with Gasteiger partial charge in [0.2, 0.25) is 0 Å². The standard InChI is InChI=1S/C21H21NO2S/c1-4-15-7-8-16(20(23)24)18(22-15)9-5-14-6-10-19-17(13-14)21(2,3)11-12-25-19/h6-8,10,13H,4,11-12H2,1-3H3,(H,23,24). The van der Waals surface area contributed by atoms with Crippen LogP contribution in [0.15, 0.2) is 35.2 Å². The van der Waals surface area contributed by atoms with Crippen molar-refractivity contribution in [1.29, 1.82) is 0 Å². The van der Waals surface area contributed by atoms with Crippen molar-refractivity contribution in [2.75, 3.05) is 5.75 Å². The molecule has 2 aromatic rings. The van der Waals surface area contributed by atoms with E-state index in [0.29, 0.717) is 5.69 Å². The van der Waals surface area contributed by atoms with Crippen molar-refractivity contribution in [3.05, 3.63) is 58.4 Å². The SMILES string of the molecule is CCc1ccc(C(=O)O)c(C#Cc2ccc3c(c2)C(C)(C)CCS3)n1. The molecule has 4 heteroatoms. The highest BCUT2D eigenvalue weighted by Gasteiger charge is 2.27. The first-order chi connectivity index (χ1) is 11.9. The molecule has 0 saturated carbocycles. The molecule has 0 fully saturated rings. The summed E-state index contributed by atoms with van der Waals surface area (Å²) in [5, 5.41) is 9.34. The van der Waals surface area contributed by atoms with E-state index in [9.17, 15) is 9.90 Å². The Morgan fingerprint density at radius 1 is 1.28 bits per heavy atom. The number of thioether (sulfide) groups is 1. The van der Waals surface area contributed by atoms with E-state index in [0.717, 1.165) is 29.9 Å². The van der Waals surface area contributed by atoms with Crippen LogP contribution in [0.4, 0.5) is 0 Å². The van der Waals surface area contributed by atoms with Crippen LogP contribution in [0.1, 0.15) is 60.1 Å². The molecule has 128 valence electrons. The van der Waals surface area contributed by atoms with Gasteiger partial charge >= 0.3 is 5.97 Å². The maximum atomic E-state index is 11.4. The lowest BCUT2D eigenvalue weighted by Crippen LogP contribution is -2.22. The first-order valence-corrected chi connectivity index (χ1v) is 9.42. The first-order valence-electron chi connectivity index (χ1n) is 8.43. The maximum Gasteiger partial charge on any atom is 0.338 e. The number of aromatic nitrogens is 1. The van der Waals surface area contributed by atoms with Crippen LogP contribution >= 0.6 is 11.8 Å². The molecule has 0 saturated heterocycles. The van der Waals surface area contributed by atoms with Gasteiger partial charge in [-0.3, -0.25) is 0 Å². The molecule has 0 bridgehead atoms. The fraction of sp³-hybridized carbons (Fsp3) is 0.333. The Labute approximate surface area is 152 Å². The number of hydrogen-bond acceptors (Lipinski definition) is 3. The normalized spacial score (nSPS) is 15.0. The van der Waals surface area contributed by atoms with E-state index in [-0.39, 0.29) is 11.0 Å². The van der Waals surface area contributed by atoms with Crippen LogP contribution < -0.4 is 0 Å². The van der Waals surface area contributed by atoms with Gasteiger partial charge in [0.05, 0.1) is 5.56 Å². The lowest BCUT2D eigenvalue weighted by Gasteiger charge is -2.32. The molecule has 1 aromatic heterocycles. The van der Waals surface area contributed by atoms with Gasteiger partial charge in [-0.2, -0.15) is 0 Å². The van der Waals surface area contributed by atoms with Gasteiger partial charge in [-0.15, -0.1) is 11.8 Å². The first kappa shape index (κ1) is 17.6. The Morgan fingerprint density at radius 2 is 2.08 bits per heavy atom. The van der Waals surface area contributed by atoms with Crippen molar-refractivity contribution in [1.82, 2.24) is 4.98 Å². The minimum absolute atomic E-state index is 0.144. The number of aryl methyl sites for hydroxylation is 1. The molecule has 1 aromatic carbocycles. The highest BCUT2D eigenvalue weighted by molar-refractivity contribution is 7.99. The second kappa shape index (κ2) is 6.93. The second-order valence-corrected chi connectivity index (χ2v) is 7.94. The summed E-state index contributed by atoms with van der Waals surface area (Å²) in [6.45, 7) is 6.51. The summed E-state index contributed by atoms with van der Waals surface area (Å²) in [5.74, 6) is 6.22. The van der Waals surface area contributed by atoms with Crippen molar-refractivity contribution in [3.8, 4) is 11.8 Å². The lowest BCUT2D eigenvalue weighted by molar-refractivity contribution is 0.0696. The molecule has 0 aliphatic carbocycles. The van der Waals surface area contributed by atoms with Gasteiger partial charge in [-0.25, -0.2) is 9.78 Å². The molecule has 1 aliphatic heterocycles. The van der Waals surface area contributed by atoms with Crippen LogP contribution in [0, 0.1) is 11.8 Å². The van der Waals surface area contributed by atoms with Crippen LogP contribution in [0.5, 0.6) is 0 Å². The van der Waals surface area contributed by atoms with Crippen molar-refractivity contribution in [3.63, 3.8) is 0 Å². The minimum Gasteiger partial charge on any atom is -0.478 e. The summed E-state index contributed by atoms with van der Waals surface area (Å²) in [6.07, 6.45) is 1.89. The van der Waals surface area contributed by atoms with Crippen LogP contribution in [0.2, 0.25) is 0 Å². The largest absolute Gasteiger partial charge is 0.478 e. The summed E-state index contributed by atoms with van der Waals surface area (Å²) >= 11 is 1.89. The molecule has 0 amide bonds. The maximum absolute atomic E-state index is 11.4. The summed E-state index contributed by atoms with van der Waals surface area (Å²) in [5.41, 5.74) is 3.69. The average Bonchev–Trinajstić information content (AvgIpc) is 2.59. The number of fused-ring (bicyclic) bond motifs is 1. The molecular weight excluding hydrogens is 330 g/mol. The number of benzene rings is 1. The van der Waals surface area contributed by atoms with Crippen LogP contribution in [0.25, 0.3) is 0 Å². The minimum atomic E-state index is -0.998. The zero-order chi connectivity index (χ0) is 18.0. The van der Waals surface area contributed by atoms with E-state index in [4.69, 9.17) is 0 Å². The van der Waals surface area contributed by atoms with Gasteiger partial charge < -0.3 is 5.11 Å². The summed E-state index contributed by atoms with van der Waals surface area (Å²) < 4.78 is 0. The predicted octanol–water partition coefficient (Wildman–Crippen LogP) is 4.52. The van der Waals surface area contributed by atoms with Crippen LogP contribution in [0.3, 0.4) is 0 Å². The van der Waals surface area contributed by atoms with Crippen molar-refractivity contribution >= 4 is 17.7 Å². The van der Waals surface area contributed by atoms with Gasteiger partial charge in [0.1, 0.15) is 5.69 Å². The number of hydrogen-bond donors (Lipinski definition) is 1. The third kappa shape index (κ3) is 3.72. The molecule has 3 rings (SSSR count). The van der Waals surface area contributed by atoms with E-state index in [2.05, 4.69) is 42.8 Å². The molecule has 2 heterocycles. The molecular formula is C21H21NO2S. The number of rotatable bonds is 2. The second-order valence-electron chi connectivity index (χ2n) is 6.80. The Morgan fingerprint density at radius 3 is 2.80 bits per heavy atom. The highest BCUT2D eigenvalue weighted by atomic mass is 32.2. The summed E-state index contributed by atoms with van der Waals surface area (Å²) in [6, 6.07) is 9.60. The average molecular weight is 351 g/mol. The van der Waals surface area contributed by atoms with Gasteiger partial charge in [0, 0.05) is 16.2 Å². The Bertz CT molecular complexity index is 890. The predicted molar refractivity (Wildman–Crippen MR) is 101 cm³/mol. The summed E-state index contributed by atoms with van der Waals surface area (Å²) in [7, 11) is 0. The third-order valence-corrected chi connectivity index (χ3v) is 5.64. The van der Waals surface area contributed by atoms with E-state index in [1.54, 1.807) is 12.1 Å². The van der Waals surface area contributed by atoms with Gasteiger partial charge in [0.25, 0.3) is 0 Å². The zero-order valence-corrected chi connectivity index (χ0v) is 15.5. The fourth-order valence-corrected chi connectivity index (χ4v) is 4.40. The van der Waals surface area contributed by atoms with Crippen molar-refractivity contribution in [2.24, 2.45) is 0 Å². The smallest absolute Gasteiger partial charge is 0.338 e. The molecule has 25 heavy (non-hydrogen) atoms. The zero-order valence-electron chi connectivity index (χ0n) is 14.7. The Hall–Kier alpha value is -2.25. The molecule has 0 unspecified atom stereocenters. The molecule has 0 radical (unpaired) electrons. The van der Waals surface area contributed by atoms with Gasteiger partial charge in [-0.05, 0) is 65.8 Å². The number of nitrogens with zero attached hydrogens (tertiary/aromatic N) is 1. The topological polar surface area (TPSA) is 50.2 Å². The van der Waals surface area contributed by atoms with E-state index >= 15 is 0 Å². The van der Waals surface area contributed by atoms with Gasteiger partial charge in [0.15, 0.2) is 0 Å². The summed E-state index contributed by atoms with van der Waals surface area (Å²) in [4.78, 5) is 17.1. The Kier molecular flexibility index (Phi) is 4.87. The highest BCUT2D eigenvalue weighted by Crippen LogP contribution is 2.41.